The van der Waals surface area contributed by atoms with Crippen molar-refractivity contribution in [2.75, 3.05) is 26.8 Å². The molecule has 0 spiro atoms. The number of H-pyrrole nitrogens is 1. The molecule has 5 rings (SSSR count). The second-order valence-electron chi connectivity index (χ2n) is 10.2. The normalized spacial score (nSPS) is 18.0. The van der Waals surface area contributed by atoms with Crippen molar-refractivity contribution < 1.29 is 27.4 Å². The van der Waals surface area contributed by atoms with Crippen molar-refractivity contribution in [2.24, 2.45) is 11.8 Å². The van der Waals surface area contributed by atoms with Gasteiger partial charge in [0.2, 0.25) is 5.91 Å². The maximum atomic E-state index is 13.4. The fourth-order valence-corrected chi connectivity index (χ4v) is 5.40. The van der Waals surface area contributed by atoms with Crippen molar-refractivity contribution in [1.82, 2.24) is 15.2 Å². The number of nitrogens with zero attached hydrogens (tertiary/aromatic N) is 1. The summed E-state index contributed by atoms with van der Waals surface area (Å²) in [6, 6.07) is 20.5. The van der Waals surface area contributed by atoms with E-state index in [0.717, 1.165) is 34.2 Å². The van der Waals surface area contributed by atoms with Crippen LogP contribution in [-0.2, 0) is 24.1 Å². The van der Waals surface area contributed by atoms with Crippen LogP contribution in [0.3, 0.4) is 0 Å². The van der Waals surface area contributed by atoms with Gasteiger partial charge in [0, 0.05) is 54.8 Å². The first kappa shape index (κ1) is 27.6. The van der Waals surface area contributed by atoms with Gasteiger partial charge in [-0.1, -0.05) is 42.5 Å². The number of amides is 1. The predicted molar refractivity (Wildman–Crippen MR) is 147 cm³/mol. The molecule has 1 aliphatic rings. The van der Waals surface area contributed by atoms with Crippen LogP contribution in [0.15, 0.2) is 79.0 Å². The van der Waals surface area contributed by atoms with Crippen LogP contribution in [0.4, 0.5) is 13.2 Å². The highest BCUT2D eigenvalue weighted by Crippen LogP contribution is 2.32. The van der Waals surface area contributed by atoms with E-state index in [0.29, 0.717) is 38.3 Å². The number of rotatable bonds is 9. The number of fused-ring (bicyclic) bond motifs is 1. The predicted octanol–water partition coefficient (Wildman–Crippen LogP) is 6.03. The Kier molecular flexibility index (Phi) is 8.30. The third kappa shape index (κ3) is 6.59. The zero-order chi connectivity index (χ0) is 28.1. The van der Waals surface area contributed by atoms with Crippen molar-refractivity contribution in [3.8, 4) is 11.5 Å². The number of methoxy groups -OCH3 is 1. The van der Waals surface area contributed by atoms with Gasteiger partial charge in [-0.15, -0.1) is 0 Å². The Bertz CT molecular complexity index is 1450. The Morgan fingerprint density at radius 2 is 1.82 bits per heavy atom. The monoisotopic (exact) mass is 551 g/mol. The van der Waals surface area contributed by atoms with Gasteiger partial charge in [-0.3, -0.25) is 9.69 Å². The molecular weight excluding hydrogens is 519 g/mol. The number of carbonyl (C=O) groups is 1. The zero-order valence-corrected chi connectivity index (χ0v) is 22.2. The molecule has 1 aromatic heterocycles. The lowest BCUT2D eigenvalue weighted by molar-refractivity contribution is -0.137. The molecule has 0 unspecified atom stereocenters. The van der Waals surface area contributed by atoms with Crippen LogP contribution in [-0.4, -0.2) is 42.6 Å². The number of carbonyl (C=O) groups excluding carboxylic acids is 1. The summed E-state index contributed by atoms with van der Waals surface area (Å²) < 4.78 is 50.8. The second-order valence-corrected chi connectivity index (χ2v) is 10.2. The van der Waals surface area contributed by atoms with Crippen LogP contribution in [0, 0.1) is 11.8 Å². The van der Waals surface area contributed by atoms with Crippen molar-refractivity contribution >= 4 is 16.8 Å². The highest BCUT2D eigenvalue weighted by atomic mass is 19.4. The molecule has 1 saturated heterocycles. The van der Waals surface area contributed by atoms with Crippen LogP contribution in [0.25, 0.3) is 10.9 Å². The van der Waals surface area contributed by atoms with Gasteiger partial charge < -0.3 is 19.8 Å². The molecule has 0 aliphatic carbocycles. The molecule has 2 heterocycles. The highest BCUT2D eigenvalue weighted by Gasteiger charge is 2.33. The minimum atomic E-state index is -4.44. The van der Waals surface area contributed by atoms with Gasteiger partial charge in [0.05, 0.1) is 25.2 Å². The van der Waals surface area contributed by atoms with E-state index in [-0.39, 0.29) is 30.1 Å². The van der Waals surface area contributed by atoms with Crippen LogP contribution in [0.2, 0.25) is 0 Å². The van der Waals surface area contributed by atoms with Crippen molar-refractivity contribution in [2.45, 2.75) is 25.7 Å². The molecule has 0 bridgehead atoms. The number of aromatic nitrogens is 1. The molecule has 2 atom stereocenters. The first-order valence-electron chi connectivity index (χ1n) is 13.3. The van der Waals surface area contributed by atoms with Gasteiger partial charge in [-0.25, -0.2) is 0 Å². The molecule has 9 heteroatoms. The number of halogens is 3. The summed E-state index contributed by atoms with van der Waals surface area (Å²) in [6.07, 6.45) is -1.88. The number of hydrogen-bond donors (Lipinski definition) is 2. The largest absolute Gasteiger partial charge is 0.496 e. The van der Waals surface area contributed by atoms with E-state index < -0.39 is 11.7 Å². The van der Waals surface area contributed by atoms with Crippen molar-refractivity contribution in [3.05, 3.63) is 95.7 Å². The van der Waals surface area contributed by atoms with Crippen molar-refractivity contribution in [1.29, 1.82) is 0 Å². The molecule has 6 nitrogen and oxygen atoms in total. The molecule has 40 heavy (non-hydrogen) atoms. The molecule has 0 saturated carbocycles. The Morgan fingerprint density at radius 1 is 1.02 bits per heavy atom. The number of hydrogen-bond acceptors (Lipinski definition) is 4. The summed E-state index contributed by atoms with van der Waals surface area (Å²) >= 11 is 0. The summed E-state index contributed by atoms with van der Waals surface area (Å²) in [5, 5.41) is 4.18. The Balaban J connectivity index is 1.30. The number of aromatic amines is 1. The number of nitrogens with one attached hydrogen (secondary N) is 2. The van der Waals surface area contributed by atoms with E-state index in [2.05, 4.69) is 21.3 Å². The van der Waals surface area contributed by atoms with E-state index in [1.807, 2.05) is 48.7 Å². The van der Waals surface area contributed by atoms with E-state index in [1.54, 1.807) is 7.11 Å². The average Bonchev–Trinajstić information content (AvgIpc) is 3.37. The molecule has 2 N–H and O–H groups in total. The van der Waals surface area contributed by atoms with Gasteiger partial charge in [0.15, 0.2) is 0 Å². The van der Waals surface area contributed by atoms with Gasteiger partial charge in [-0.2, -0.15) is 13.2 Å². The summed E-state index contributed by atoms with van der Waals surface area (Å²) in [7, 11) is 1.60. The smallest absolute Gasteiger partial charge is 0.416 e. The van der Waals surface area contributed by atoms with Crippen LogP contribution < -0.4 is 14.8 Å². The molecule has 210 valence electrons. The van der Waals surface area contributed by atoms with E-state index in [4.69, 9.17) is 9.47 Å². The standard InChI is InChI=1S/C31H32F3N3O3/c1-39-29-12-5-2-7-22(29)15-36-30(38)23-13-21(20-40-26-9-6-8-25(14-26)31(32,33)34)17-37(18-23)19-24-16-35-28-11-4-3-10-27(24)28/h2-12,14,16,21,23,35H,13,15,17-20H2,1H3,(H,36,38)/t21-,23+/m0/s1. The van der Waals surface area contributed by atoms with Gasteiger partial charge in [0.1, 0.15) is 11.5 Å². The summed E-state index contributed by atoms with van der Waals surface area (Å²) in [5.41, 5.74) is 2.31. The lowest BCUT2D eigenvalue weighted by Gasteiger charge is -2.37. The average molecular weight is 552 g/mol. The third-order valence-electron chi connectivity index (χ3n) is 7.35. The number of piperidine rings is 1. The topological polar surface area (TPSA) is 66.6 Å². The number of benzene rings is 3. The SMILES string of the molecule is COc1ccccc1CNC(=O)[C@@H]1C[C@H](COc2cccc(C(F)(F)F)c2)CN(Cc2c[nH]c3ccccc23)C1. The Hall–Kier alpha value is -3.98. The van der Waals surface area contributed by atoms with Gasteiger partial charge >= 0.3 is 6.18 Å². The summed E-state index contributed by atoms with van der Waals surface area (Å²) in [6.45, 7) is 2.42. The number of likely N-dealkylation sites (tertiary alicyclic amines) is 1. The maximum Gasteiger partial charge on any atom is 0.416 e. The highest BCUT2D eigenvalue weighted by molar-refractivity contribution is 5.83. The van der Waals surface area contributed by atoms with Crippen LogP contribution >= 0.6 is 0 Å². The molecule has 1 aliphatic heterocycles. The minimum Gasteiger partial charge on any atom is -0.496 e. The molecule has 3 aromatic carbocycles. The van der Waals surface area contributed by atoms with Crippen LogP contribution in [0.5, 0.6) is 11.5 Å². The number of ether oxygens (including phenoxy) is 2. The molecule has 0 radical (unpaired) electrons. The zero-order valence-electron chi connectivity index (χ0n) is 22.2. The molecule has 4 aromatic rings. The van der Waals surface area contributed by atoms with Gasteiger partial charge in [-0.05, 0) is 42.3 Å². The molecule has 1 amide bonds. The molecular formula is C31H32F3N3O3. The number of alkyl halides is 3. The first-order valence-corrected chi connectivity index (χ1v) is 13.3. The van der Waals surface area contributed by atoms with Crippen molar-refractivity contribution in [3.63, 3.8) is 0 Å². The van der Waals surface area contributed by atoms with E-state index >= 15 is 0 Å². The second kappa shape index (κ2) is 12.0. The third-order valence-corrected chi connectivity index (χ3v) is 7.35. The first-order chi connectivity index (χ1) is 19.3. The summed E-state index contributed by atoms with van der Waals surface area (Å²) in [4.78, 5) is 18.9. The Morgan fingerprint density at radius 3 is 2.65 bits per heavy atom. The fraction of sp³-hybridized carbons (Fsp3) is 0.323. The van der Waals surface area contributed by atoms with E-state index in [9.17, 15) is 18.0 Å². The fourth-order valence-electron chi connectivity index (χ4n) is 5.40. The Labute approximate surface area is 231 Å². The van der Waals surface area contributed by atoms with E-state index in [1.165, 1.54) is 12.1 Å². The van der Waals surface area contributed by atoms with Gasteiger partial charge in [0.25, 0.3) is 0 Å². The maximum absolute atomic E-state index is 13.4. The minimum absolute atomic E-state index is 0.0458. The lowest BCUT2D eigenvalue weighted by atomic mass is 9.88. The summed E-state index contributed by atoms with van der Waals surface area (Å²) in [5.74, 6) is 0.457. The van der Waals surface area contributed by atoms with Crippen LogP contribution in [0.1, 0.15) is 23.1 Å². The molecule has 1 fully saturated rings. The number of para-hydroxylation sites is 2. The quantitative estimate of drug-likeness (QED) is 0.267. The lowest BCUT2D eigenvalue weighted by Crippen LogP contribution is -2.47.